The molecule has 1 heterocycles. The maximum Gasteiger partial charge on any atom is 0.223 e. The van der Waals surface area contributed by atoms with Crippen molar-refractivity contribution in [2.45, 2.75) is 25.9 Å². The third-order valence-electron chi connectivity index (χ3n) is 3.58. The van der Waals surface area contributed by atoms with E-state index < -0.39 is 0 Å². The highest BCUT2D eigenvalue weighted by Crippen LogP contribution is 2.15. The maximum absolute atomic E-state index is 12.0. The second kappa shape index (κ2) is 7.41. The van der Waals surface area contributed by atoms with E-state index in [0.717, 1.165) is 24.9 Å². The molecule has 110 valence electrons. The number of carbonyl (C=O) groups excluding carboxylic acids is 1. The summed E-state index contributed by atoms with van der Waals surface area (Å²) in [7, 11) is 4.12. The zero-order chi connectivity index (χ0) is 14.4. The number of hydrogen-bond acceptors (Lipinski definition) is 3. The first-order chi connectivity index (χ1) is 9.65. The lowest BCUT2D eigenvalue weighted by molar-refractivity contribution is -0.128. The number of ether oxygens (including phenoxy) is 1. The monoisotopic (exact) mass is 276 g/mol. The first-order valence-electron chi connectivity index (χ1n) is 7.23. The average Bonchev–Trinajstić information content (AvgIpc) is 2.46. The molecule has 0 atom stereocenters. The molecule has 1 aromatic carbocycles. The third-order valence-corrected chi connectivity index (χ3v) is 3.58. The zero-order valence-corrected chi connectivity index (χ0v) is 12.4. The van der Waals surface area contributed by atoms with Gasteiger partial charge in [-0.3, -0.25) is 4.79 Å². The molecular formula is C16H24N2O2. The largest absolute Gasteiger partial charge is 0.381 e. The lowest BCUT2D eigenvalue weighted by Gasteiger charge is -2.21. The molecule has 0 spiro atoms. The Morgan fingerprint density at radius 1 is 1.20 bits per heavy atom. The van der Waals surface area contributed by atoms with Gasteiger partial charge >= 0.3 is 0 Å². The van der Waals surface area contributed by atoms with Gasteiger partial charge in [0.15, 0.2) is 0 Å². The third kappa shape index (κ3) is 4.62. The number of nitrogens with one attached hydrogen (secondary N) is 1. The number of carbonyl (C=O) groups is 1. The summed E-state index contributed by atoms with van der Waals surface area (Å²) in [5, 5.41) is 3.02. The van der Waals surface area contributed by atoms with Crippen LogP contribution in [0.2, 0.25) is 0 Å². The molecule has 1 aromatic rings. The molecule has 0 bridgehead atoms. The molecular weight excluding hydrogens is 252 g/mol. The van der Waals surface area contributed by atoms with E-state index in [-0.39, 0.29) is 11.8 Å². The van der Waals surface area contributed by atoms with Gasteiger partial charge in [0.2, 0.25) is 5.91 Å². The molecule has 1 fully saturated rings. The quantitative estimate of drug-likeness (QED) is 0.891. The van der Waals surface area contributed by atoms with Gasteiger partial charge in [-0.1, -0.05) is 24.3 Å². The van der Waals surface area contributed by atoms with Crippen LogP contribution >= 0.6 is 0 Å². The molecule has 0 aliphatic carbocycles. The van der Waals surface area contributed by atoms with E-state index in [1.54, 1.807) is 0 Å². The lowest BCUT2D eigenvalue weighted by Crippen LogP contribution is -2.33. The molecule has 0 saturated carbocycles. The van der Waals surface area contributed by atoms with E-state index in [0.29, 0.717) is 19.8 Å². The molecule has 1 saturated heterocycles. The lowest BCUT2D eigenvalue weighted by atomic mass is 9.99. The van der Waals surface area contributed by atoms with Crippen LogP contribution in [-0.2, 0) is 22.6 Å². The van der Waals surface area contributed by atoms with E-state index in [4.69, 9.17) is 4.74 Å². The van der Waals surface area contributed by atoms with Crippen LogP contribution in [0.15, 0.2) is 24.3 Å². The van der Waals surface area contributed by atoms with Gasteiger partial charge in [-0.05, 0) is 38.1 Å². The van der Waals surface area contributed by atoms with E-state index in [1.807, 2.05) is 0 Å². The fourth-order valence-corrected chi connectivity index (χ4v) is 2.42. The second-order valence-electron chi connectivity index (χ2n) is 5.66. The van der Waals surface area contributed by atoms with Crippen molar-refractivity contribution in [2.75, 3.05) is 27.3 Å². The first kappa shape index (κ1) is 15.0. The molecule has 4 heteroatoms. The van der Waals surface area contributed by atoms with E-state index >= 15 is 0 Å². The Morgan fingerprint density at radius 2 is 1.80 bits per heavy atom. The van der Waals surface area contributed by atoms with E-state index in [9.17, 15) is 4.79 Å². The van der Waals surface area contributed by atoms with Crippen molar-refractivity contribution in [2.24, 2.45) is 5.92 Å². The van der Waals surface area contributed by atoms with Crippen molar-refractivity contribution in [3.05, 3.63) is 35.4 Å². The molecule has 20 heavy (non-hydrogen) atoms. The maximum atomic E-state index is 12.0. The number of rotatable bonds is 5. The smallest absolute Gasteiger partial charge is 0.223 e. The SMILES string of the molecule is CN(C)Cc1ccc(CNC(=O)C2CCOCC2)cc1. The minimum atomic E-state index is 0.122. The first-order valence-corrected chi connectivity index (χ1v) is 7.23. The minimum Gasteiger partial charge on any atom is -0.381 e. The highest BCUT2D eigenvalue weighted by atomic mass is 16.5. The van der Waals surface area contributed by atoms with Crippen LogP contribution in [0.25, 0.3) is 0 Å². The van der Waals surface area contributed by atoms with Crippen LogP contribution in [-0.4, -0.2) is 38.1 Å². The molecule has 1 aliphatic rings. The van der Waals surface area contributed by atoms with Crippen molar-refractivity contribution in [3.8, 4) is 0 Å². The minimum absolute atomic E-state index is 0.122. The van der Waals surface area contributed by atoms with Gasteiger partial charge in [0, 0.05) is 32.2 Å². The van der Waals surface area contributed by atoms with Crippen molar-refractivity contribution >= 4 is 5.91 Å². The van der Waals surface area contributed by atoms with Gasteiger partial charge in [-0.15, -0.1) is 0 Å². The molecule has 0 unspecified atom stereocenters. The Labute approximate surface area is 121 Å². The standard InChI is InChI=1S/C16H24N2O2/c1-18(2)12-14-5-3-13(4-6-14)11-17-16(19)15-7-9-20-10-8-15/h3-6,15H,7-12H2,1-2H3,(H,17,19). The van der Waals surface area contributed by atoms with Crippen LogP contribution in [0.1, 0.15) is 24.0 Å². The van der Waals surface area contributed by atoms with Gasteiger partial charge in [0.25, 0.3) is 0 Å². The zero-order valence-electron chi connectivity index (χ0n) is 12.4. The highest BCUT2D eigenvalue weighted by molar-refractivity contribution is 5.78. The summed E-state index contributed by atoms with van der Waals surface area (Å²) in [5.74, 6) is 0.280. The number of nitrogens with zero attached hydrogens (tertiary/aromatic N) is 1. The van der Waals surface area contributed by atoms with Gasteiger partial charge in [-0.25, -0.2) is 0 Å². The summed E-state index contributed by atoms with van der Waals surface area (Å²) in [4.78, 5) is 14.2. The Bertz CT molecular complexity index is 423. The summed E-state index contributed by atoms with van der Waals surface area (Å²) < 4.78 is 5.27. The molecule has 1 amide bonds. The second-order valence-corrected chi connectivity index (χ2v) is 5.66. The summed E-state index contributed by atoms with van der Waals surface area (Å²) in [5.41, 5.74) is 2.43. The van der Waals surface area contributed by atoms with Gasteiger partial charge in [0.05, 0.1) is 0 Å². The molecule has 0 radical (unpaired) electrons. The summed E-state index contributed by atoms with van der Waals surface area (Å²) in [6.07, 6.45) is 1.68. The fourth-order valence-electron chi connectivity index (χ4n) is 2.42. The predicted octanol–water partition coefficient (Wildman–Crippen LogP) is 1.79. The van der Waals surface area contributed by atoms with Gasteiger partial charge < -0.3 is 15.0 Å². The number of benzene rings is 1. The van der Waals surface area contributed by atoms with Crippen LogP contribution in [0, 0.1) is 5.92 Å². The molecule has 2 rings (SSSR count). The van der Waals surface area contributed by atoms with Crippen LogP contribution < -0.4 is 5.32 Å². The molecule has 0 aromatic heterocycles. The topological polar surface area (TPSA) is 41.6 Å². The van der Waals surface area contributed by atoms with Gasteiger partial charge in [-0.2, -0.15) is 0 Å². The Balaban J connectivity index is 1.79. The Kier molecular flexibility index (Phi) is 5.56. The average molecular weight is 276 g/mol. The summed E-state index contributed by atoms with van der Waals surface area (Å²) >= 11 is 0. The Hall–Kier alpha value is -1.39. The van der Waals surface area contributed by atoms with E-state index in [1.165, 1.54) is 5.56 Å². The van der Waals surface area contributed by atoms with Crippen LogP contribution in [0.3, 0.4) is 0 Å². The summed E-state index contributed by atoms with van der Waals surface area (Å²) in [6.45, 7) is 2.96. The van der Waals surface area contributed by atoms with Gasteiger partial charge in [0.1, 0.15) is 0 Å². The summed E-state index contributed by atoms with van der Waals surface area (Å²) in [6, 6.07) is 8.41. The van der Waals surface area contributed by atoms with Crippen molar-refractivity contribution in [3.63, 3.8) is 0 Å². The number of amides is 1. The number of hydrogen-bond donors (Lipinski definition) is 1. The molecule has 1 aliphatic heterocycles. The Morgan fingerprint density at radius 3 is 2.40 bits per heavy atom. The van der Waals surface area contributed by atoms with E-state index in [2.05, 4.69) is 48.6 Å². The molecule has 1 N–H and O–H groups in total. The highest BCUT2D eigenvalue weighted by Gasteiger charge is 2.20. The fraction of sp³-hybridized carbons (Fsp3) is 0.562. The van der Waals surface area contributed by atoms with Crippen LogP contribution in [0.5, 0.6) is 0 Å². The van der Waals surface area contributed by atoms with Crippen molar-refractivity contribution < 1.29 is 9.53 Å². The predicted molar refractivity (Wildman–Crippen MR) is 79.2 cm³/mol. The molecule has 4 nitrogen and oxygen atoms in total. The normalized spacial score (nSPS) is 16.4. The van der Waals surface area contributed by atoms with Crippen LogP contribution in [0.4, 0.5) is 0 Å². The van der Waals surface area contributed by atoms with Crippen molar-refractivity contribution in [1.82, 2.24) is 10.2 Å². The van der Waals surface area contributed by atoms with Crippen molar-refractivity contribution in [1.29, 1.82) is 0 Å².